The Kier molecular flexibility index (Phi) is 32.9. The van der Waals surface area contributed by atoms with Crippen LogP contribution in [-0.2, 0) is 9.59 Å². The van der Waals surface area contributed by atoms with Gasteiger partial charge in [-0.05, 0) is 0 Å². The van der Waals surface area contributed by atoms with Crippen molar-refractivity contribution in [3.05, 3.63) is 0 Å². The quantitative estimate of drug-likeness (QED) is 0.232. The van der Waals surface area contributed by atoms with Crippen LogP contribution in [0.5, 0.6) is 0 Å². The third-order valence-corrected chi connectivity index (χ3v) is 2.13. The maximum Gasteiger partial charge on any atom is 0.414 e. The Hall–Kier alpha value is -0.840. The molecular weight excluding hydrogens is 354 g/mol. The standard InChI is InChI=1S/C7H13Cl3N2.C2H2O4.3H2O/c8-2-1-7(11)12(5-3-9)6-4-10;3-1(4)2(5)6;;;/h11H,1-6H2;(H,3,4)(H,5,6);3*1H2. The van der Waals surface area contributed by atoms with Crippen molar-refractivity contribution in [3.8, 4) is 0 Å². The second-order valence-electron chi connectivity index (χ2n) is 2.86. The summed E-state index contributed by atoms with van der Waals surface area (Å²) in [6, 6.07) is 0. The number of hydrogen-bond acceptors (Lipinski definition) is 3. The van der Waals surface area contributed by atoms with Gasteiger partial charge in [0.1, 0.15) is 0 Å². The fourth-order valence-corrected chi connectivity index (χ4v) is 1.42. The van der Waals surface area contributed by atoms with Crippen molar-refractivity contribution >= 4 is 52.6 Å². The lowest BCUT2D eigenvalue weighted by Crippen LogP contribution is -2.34. The molecule has 130 valence electrons. The highest BCUT2D eigenvalue weighted by molar-refractivity contribution is 6.27. The molecule has 0 saturated carbocycles. The predicted octanol–water partition coefficient (Wildman–Crippen LogP) is -0.946. The lowest BCUT2D eigenvalue weighted by atomic mass is 10.3. The summed E-state index contributed by atoms with van der Waals surface area (Å²) >= 11 is 16.6. The number of aliphatic carboxylic acids is 2. The Balaban J connectivity index is -0.0000000830. The van der Waals surface area contributed by atoms with Gasteiger partial charge in [-0.1, -0.05) is 0 Å². The summed E-state index contributed by atoms with van der Waals surface area (Å²) in [4.78, 5) is 20.0. The van der Waals surface area contributed by atoms with Gasteiger partial charge >= 0.3 is 11.9 Å². The molecule has 0 bridgehead atoms. The molecule has 0 unspecified atom stereocenters. The highest BCUT2D eigenvalue weighted by Gasteiger charge is 2.06. The molecule has 0 aliphatic rings. The van der Waals surface area contributed by atoms with Crippen LogP contribution in [0.15, 0.2) is 0 Å². The van der Waals surface area contributed by atoms with Crippen molar-refractivity contribution in [1.82, 2.24) is 4.90 Å². The highest BCUT2D eigenvalue weighted by Crippen LogP contribution is 1.98. The zero-order valence-electron chi connectivity index (χ0n) is 11.0. The van der Waals surface area contributed by atoms with Crippen molar-refractivity contribution in [2.24, 2.45) is 0 Å². The van der Waals surface area contributed by atoms with Gasteiger partial charge in [-0.25, -0.2) is 9.59 Å². The largest absolute Gasteiger partial charge is 0.473 e. The Morgan fingerprint density at radius 1 is 0.857 bits per heavy atom. The topological polar surface area (TPSA) is 196 Å². The van der Waals surface area contributed by atoms with E-state index < -0.39 is 11.9 Å². The summed E-state index contributed by atoms with van der Waals surface area (Å²) in [6.07, 6.45) is 0.579. The van der Waals surface area contributed by atoms with Gasteiger partial charge in [-0.15, -0.1) is 34.8 Å². The fraction of sp³-hybridized carbons (Fsp3) is 0.667. The van der Waals surface area contributed by atoms with E-state index in [-0.39, 0.29) is 16.4 Å². The van der Waals surface area contributed by atoms with Crippen molar-refractivity contribution in [3.63, 3.8) is 0 Å². The highest BCUT2D eigenvalue weighted by atomic mass is 35.5. The maximum absolute atomic E-state index is 9.10. The lowest BCUT2D eigenvalue weighted by molar-refractivity contribution is -0.159. The molecule has 0 rings (SSSR count). The molecular formula is C9H21Cl3N2O7. The molecule has 0 aromatic carbocycles. The van der Waals surface area contributed by atoms with E-state index in [1.807, 2.05) is 4.90 Å². The first-order valence-electron chi connectivity index (χ1n) is 4.87. The average molecular weight is 376 g/mol. The van der Waals surface area contributed by atoms with Gasteiger partial charge in [-0.3, -0.25) is 5.41 Å². The number of alkyl halides is 3. The van der Waals surface area contributed by atoms with E-state index in [9.17, 15) is 0 Å². The maximum atomic E-state index is 9.10. The number of halogens is 3. The monoisotopic (exact) mass is 374 g/mol. The van der Waals surface area contributed by atoms with E-state index in [0.717, 1.165) is 0 Å². The molecule has 21 heavy (non-hydrogen) atoms. The molecule has 0 aliphatic heterocycles. The first kappa shape index (κ1) is 32.2. The predicted molar refractivity (Wildman–Crippen MR) is 82.2 cm³/mol. The Labute approximate surface area is 136 Å². The molecule has 9 N–H and O–H groups in total. The Morgan fingerprint density at radius 2 is 1.19 bits per heavy atom. The summed E-state index contributed by atoms with van der Waals surface area (Å²) < 4.78 is 0. The van der Waals surface area contributed by atoms with Crippen LogP contribution in [0.4, 0.5) is 0 Å². The number of amidine groups is 1. The van der Waals surface area contributed by atoms with Crippen LogP contribution in [-0.4, -0.2) is 80.0 Å². The van der Waals surface area contributed by atoms with Gasteiger partial charge in [0, 0.05) is 37.2 Å². The van der Waals surface area contributed by atoms with Crippen LogP contribution in [0.2, 0.25) is 0 Å². The molecule has 0 amide bonds. The molecule has 0 spiro atoms. The first-order valence-corrected chi connectivity index (χ1v) is 6.47. The van der Waals surface area contributed by atoms with Crippen LogP contribution >= 0.6 is 34.8 Å². The molecule has 12 heteroatoms. The molecule has 0 fully saturated rings. The molecule has 0 heterocycles. The van der Waals surface area contributed by atoms with Gasteiger partial charge in [0.25, 0.3) is 0 Å². The van der Waals surface area contributed by atoms with Crippen LogP contribution < -0.4 is 0 Å². The number of rotatable bonds is 6. The van der Waals surface area contributed by atoms with E-state index in [4.69, 9.17) is 60.0 Å². The number of carbonyl (C=O) groups is 2. The SMILES string of the molecule is N=C(CCCl)N(CCCl)CCCl.O.O.O.O=C(O)C(=O)O. The zero-order valence-corrected chi connectivity index (χ0v) is 13.3. The Bertz CT molecular complexity index is 264. The summed E-state index contributed by atoms with van der Waals surface area (Å²) in [7, 11) is 0. The average Bonchev–Trinajstić information content (AvgIpc) is 2.29. The van der Waals surface area contributed by atoms with Gasteiger partial charge in [0.15, 0.2) is 0 Å². The van der Waals surface area contributed by atoms with Crippen molar-refractivity contribution < 1.29 is 36.2 Å². The van der Waals surface area contributed by atoms with E-state index in [0.29, 0.717) is 43.0 Å². The number of hydrogen-bond donors (Lipinski definition) is 3. The molecule has 0 radical (unpaired) electrons. The minimum absolute atomic E-state index is 0. The van der Waals surface area contributed by atoms with Gasteiger partial charge < -0.3 is 31.5 Å². The fourth-order valence-electron chi connectivity index (χ4n) is 0.833. The molecule has 0 aromatic heterocycles. The van der Waals surface area contributed by atoms with E-state index >= 15 is 0 Å². The first-order chi connectivity index (χ1) is 8.40. The van der Waals surface area contributed by atoms with Crippen molar-refractivity contribution in [2.75, 3.05) is 30.7 Å². The smallest absolute Gasteiger partial charge is 0.414 e. The minimum Gasteiger partial charge on any atom is -0.473 e. The van der Waals surface area contributed by atoms with Crippen LogP contribution in [0.3, 0.4) is 0 Å². The van der Waals surface area contributed by atoms with Crippen molar-refractivity contribution in [2.45, 2.75) is 6.42 Å². The van der Waals surface area contributed by atoms with Crippen molar-refractivity contribution in [1.29, 1.82) is 5.41 Å². The molecule has 0 aromatic rings. The van der Waals surface area contributed by atoms with Crippen LogP contribution in [0, 0.1) is 5.41 Å². The Morgan fingerprint density at radius 3 is 1.38 bits per heavy atom. The van der Waals surface area contributed by atoms with E-state index in [1.165, 1.54) is 0 Å². The number of carboxylic acid groups (broad SMARTS) is 2. The number of nitrogens with zero attached hydrogens (tertiary/aromatic N) is 1. The number of nitrogens with one attached hydrogen (secondary N) is 1. The third kappa shape index (κ3) is 21.6. The zero-order chi connectivity index (χ0) is 14.6. The second-order valence-corrected chi connectivity index (χ2v) is 3.99. The molecule has 0 saturated heterocycles. The summed E-state index contributed by atoms with van der Waals surface area (Å²) in [5.41, 5.74) is 0. The minimum atomic E-state index is -1.82. The second kappa shape index (κ2) is 21.5. The van der Waals surface area contributed by atoms with Crippen LogP contribution in [0.1, 0.15) is 6.42 Å². The number of carboxylic acids is 2. The molecule has 9 nitrogen and oxygen atoms in total. The molecule has 0 atom stereocenters. The van der Waals surface area contributed by atoms with E-state index in [1.54, 1.807) is 0 Å². The molecule has 0 aliphatic carbocycles. The van der Waals surface area contributed by atoms with Gasteiger partial charge in [-0.2, -0.15) is 0 Å². The summed E-state index contributed by atoms with van der Waals surface area (Å²) in [5, 5.41) is 22.4. The van der Waals surface area contributed by atoms with Gasteiger partial charge in [0.2, 0.25) is 0 Å². The van der Waals surface area contributed by atoms with E-state index in [2.05, 4.69) is 0 Å². The normalized spacial score (nSPS) is 7.76. The van der Waals surface area contributed by atoms with Gasteiger partial charge in [0.05, 0.1) is 5.84 Å². The summed E-state index contributed by atoms with van der Waals surface area (Å²) in [5.74, 6) is -1.63. The summed E-state index contributed by atoms with van der Waals surface area (Å²) in [6.45, 7) is 1.34. The third-order valence-electron chi connectivity index (χ3n) is 1.60. The lowest BCUT2D eigenvalue weighted by Gasteiger charge is -2.22. The van der Waals surface area contributed by atoms with Crippen LogP contribution in [0.25, 0.3) is 0 Å².